The van der Waals surface area contributed by atoms with Crippen LogP contribution in [-0.2, 0) is 78.4 Å². The van der Waals surface area contributed by atoms with Crippen LogP contribution in [0.2, 0.25) is 0 Å². The van der Waals surface area contributed by atoms with Crippen LogP contribution in [0.5, 0.6) is 5.75 Å². The van der Waals surface area contributed by atoms with Crippen LogP contribution in [0.25, 0.3) is 10.8 Å². The summed E-state index contributed by atoms with van der Waals surface area (Å²) in [6.45, 7) is -1.96. The molecule has 5 aromatic carbocycles. The van der Waals surface area contributed by atoms with E-state index in [4.69, 9.17) is 5.73 Å². The molecule has 402 valence electrons. The van der Waals surface area contributed by atoms with E-state index >= 15 is 0 Å². The summed E-state index contributed by atoms with van der Waals surface area (Å²) < 4.78 is 215. The van der Waals surface area contributed by atoms with Crippen molar-refractivity contribution < 1.29 is 249 Å². The van der Waals surface area contributed by atoms with E-state index in [-0.39, 0.29) is 187 Å². The number of sulfone groups is 2. The second-order valence-electron chi connectivity index (χ2n) is 14.1. The Balaban J connectivity index is 0.00000640. The van der Waals surface area contributed by atoms with E-state index in [9.17, 15) is 83.5 Å². The molecule has 0 unspecified atom stereocenters. The Labute approximate surface area is 567 Å². The molecule has 0 aliphatic heterocycles. The van der Waals surface area contributed by atoms with E-state index in [0.717, 1.165) is 54.6 Å². The third-order valence-corrected chi connectivity index (χ3v) is 15.8. The minimum Gasteiger partial charge on any atom is -0.744 e. The predicted octanol–water partition coefficient (Wildman–Crippen LogP) is -12.7. The molecule has 1 aromatic heterocycles. The molecule has 0 amide bonds. The van der Waals surface area contributed by atoms with Gasteiger partial charge < -0.3 is 44.9 Å². The van der Waals surface area contributed by atoms with Gasteiger partial charge in [-0.15, -0.1) is 15.3 Å². The molecule has 1 heterocycles. The fourth-order valence-electron chi connectivity index (χ4n) is 6.03. The molecule has 6 aromatic rings. The SMILES string of the molecule is Nc1c(N=Nc2ccc(S(=O)(=O)CCOS(=O)(=O)[O-])cc2)c(S(=O)(=O)[O-])cc2cc(SOO[O-])c(N=Nc3cc(Nc4nc(F)nc(Nc5ccc(S(=O)(=O)CCOS(=O)(=O)[O-])cc5)n4)ccc3S(=O)(=O)[O-])c(O)c12.[Na+].[Na+].[Na+].[Na+].[Na+]. The quantitative estimate of drug-likeness (QED) is 0.00676. The van der Waals surface area contributed by atoms with Crippen LogP contribution >= 0.6 is 12.0 Å². The summed E-state index contributed by atoms with van der Waals surface area (Å²) in [6.07, 6.45) is -1.40. The number of hydrogen-bond donors (Lipinski definition) is 4. The Morgan fingerprint density at radius 2 is 1.07 bits per heavy atom. The number of nitrogen functional groups attached to an aromatic ring is 1. The Hall–Kier alpha value is -1.61. The normalized spacial score (nSPS) is 12.2. The summed E-state index contributed by atoms with van der Waals surface area (Å²) in [4.78, 5) is 7.53. The third kappa shape index (κ3) is 21.7. The summed E-state index contributed by atoms with van der Waals surface area (Å²) in [5.74, 6) is -3.94. The summed E-state index contributed by atoms with van der Waals surface area (Å²) in [5, 5.41) is 45.0. The van der Waals surface area contributed by atoms with E-state index in [0.29, 0.717) is 12.1 Å². The number of phenols is 1. The van der Waals surface area contributed by atoms with Crippen molar-refractivity contribution in [2.24, 2.45) is 20.5 Å². The number of aromatic nitrogens is 3. The number of benzene rings is 5. The van der Waals surface area contributed by atoms with Gasteiger partial charge >= 0.3 is 154 Å². The van der Waals surface area contributed by atoms with E-state index in [1.54, 1.807) is 0 Å². The van der Waals surface area contributed by atoms with E-state index in [1.165, 1.54) is 12.1 Å². The average molecular weight is 1300 g/mol. The Bertz CT molecular complexity index is 3980. The smallest absolute Gasteiger partial charge is 0.744 e. The summed E-state index contributed by atoms with van der Waals surface area (Å²) in [7, 11) is -29.7. The number of nitrogens with one attached hydrogen (secondary N) is 2. The first kappa shape index (κ1) is 76.4. The molecular formula is C35H26FN10Na5O22S7. The van der Waals surface area contributed by atoms with Crippen LogP contribution in [0.1, 0.15) is 0 Å². The Morgan fingerprint density at radius 3 is 1.56 bits per heavy atom. The molecule has 32 nitrogen and oxygen atoms in total. The molecule has 0 bridgehead atoms. The van der Waals surface area contributed by atoms with Gasteiger partial charge in [0.2, 0.25) is 32.7 Å². The maximum Gasteiger partial charge on any atom is 1.00 e. The fraction of sp³-hybridized carbons (Fsp3) is 0.114. The largest absolute Gasteiger partial charge is 1.00 e. The molecule has 0 fully saturated rings. The number of azo groups is 2. The molecular weight excluding hydrogens is 1270 g/mol. The molecule has 0 aliphatic rings. The number of rotatable bonds is 23. The third-order valence-electron chi connectivity index (χ3n) is 9.18. The zero-order valence-corrected chi connectivity index (χ0v) is 57.0. The Kier molecular flexibility index (Phi) is 30.3. The standard InChI is InChI=1S/C35H31FN10O22S7.5Na/c36-33-40-34(38-19-1-6-22(7-2-19)70(49,50)13-11-65-74(59,60)61)42-35(41-33)39-21-5-10-26(72(53,54)55)24(17-21)44-45-30-25(69-68-67-48)15-18-16-27(73(56,57)58)31(29(37)28(18)32(30)47)46-43-20-3-8-23(9-4-20)71(51,52)14-12-66-75(62,63)64;;;;;/h1-10,15-17,47-48H,11-14,37H2,(H,53,54,55)(H,56,57,58)(H,59,60,61)(H,62,63,64)(H2,38,39,40,41,42);;;;;/q;5*+1/p-5. The fourth-order valence-corrected chi connectivity index (χ4v) is 10.7. The number of nitrogens with two attached hydrogens (primary N) is 1. The van der Waals surface area contributed by atoms with Crippen molar-refractivity contribution >= 4 is 135 Å². The van der Waals surface area contributed by atoms with Crippen molar-refractivity contribution in [2.75, 3.05) is 41.1 Å². The van der Waals surface area contributed by atoms with Gasteiger partial charge in [-0.25, -0.2) is 50.5 Å². The monoisotopic (exact) mass is 1300 g/mol. The van der Waals surface area contributed by atoms with Crippen molar-refractivity contribution in [3.05, 3.63) is 84.9 Å². The molecule has 0 spiro atoms. The molecule has 0 saturated carbocycles. The molecule has 5 N–H and O–H groups in total. The molecule has 0 saturated heterocycles. The van der Waals surface area contributed by atoms with Crippen molar-refractivity contribution in [1.29, 1.82) is 0 Å². The average Bonchev–Trinajstić information content (AvgIpc) is 3.28. The van der Waals surface area contributed by atoms with Crippen LogP contribution in [0.15, 0.2) is 124 Å². The number of nitrogens with zero attached hydrogens (tertiary/aromatic N) is 7. The van der Waals surface area contributed by atoms with Gasteiger partial charge in [0.05, 0.1) is 78.0 Å². The molecule has 0 atom stereocenters. The number of halogens is 1. The van der Waals surface area contributed by atoms with E-state index in [2.05, 4.69) is 63.8 Å². The minimum atomic E-state index is -5.52. The number of hydrogen-bond acceptors (Lipinski definition) is 33. The van der Waals surface area contributed by atoms with Gasteiger partial charge in [-0.3, -0.25) is 13.4 Å². The van der Waals surface area contributed by atoms with Crippen molar-refractivity contribution in [1.82, 2.24) is 15.0 Å². The molecule has 80 heavy (non-hydrogen) atoms. The minimum absolute atomic E-state index is 0. The van der Waals surface area contributed by atoms with Gasteiger partial charge in [0.25, 0.3) is 0 Å². The summed E-state index contributed by atoms with van der Waals surface area (Å²) in [5.41, 5.74) is 2.67. The number of phenolic OH excluding ortho intramolecular Hbond substituents is 1. The first-order valence-electron chi connectivity index (χ1n) is 19.3. The first-order chi connectivity index (χ1) is 34.8. The van der Waals surface area contributed by atoms with Crippen molar-refractivity contribution in [3.8, 4) is 5.75 Å². The van der Waals surface area contributed by atoms with E-state index < -0.39 is 157 Å². The van der Waals surface area contributed by atoms with Crippen molar-refractivity contribution in [2.45, 2.75) is 24.5 Å². The van der Waals surface area contributed by atoms with Gasteiger partial charge in [0.15, 0.2) is 25.4 Å². The maximum absolute atomic E-state index is 14.7. The van der Waals surface area contributed by atoms with Crippen LogP contribution in [0.4, 0.5) is 56.1 Å². The van der Waals surface area contributed by atoms with Gasteiger partial charge in [-0.2, -0.15) is 28.8 Å². The predicted molar refractivity (Wildman–Crippen MR) is 243 cm³/mol. The van der Waals surface area contributed by atoms with Gasteiger partial charge in [0, 0.05) is 11.4 Å². The summed E-state index contributed by atoms with van der Waals surface area (Å²) >= 11 is 0.00848. The zero-order valence-electron chi connectivity index (χ0n) is 41.3. The number of aromatic hydroxyl groups is 1. The number of anilines is 5. The zero-order chi connectivity index (χ0) is 55.3. The van der Waals surface area contributed by atoms with Gasteiger partial charge in [-0.1, -0.05) is 0 Å². The Morgan fingerprint density at radius 1 is 0.600 bits per heavy atom. The molecule has 0 radical (unpaired) electrons. The van der Waals surface area contributed by atoms with Crippen LogP contribution in [0, 0.1) is 6.08 Å². The first-order valence-corrected chi connectivity index (χ1v) is 28.8. The van der Waals surface area contributed by atoms with Crippen LogP contribution < -0.4 is 169 Å². The van der Waals surface area contributed by atoms with Crippen molar-refractivity contribution in [3.63, 3.8) is 0 Å². The molecule has 0 aliphatic carbocycles. The molecule has 45 heteroatoms. The van der Waals surface area contributed by atoms with Crippen LogP contribution in [-0.4, -0.2) is 113 Å². The topological polar surface area (TPSA) is 515 Å². The summed E-state index contributed by atoms with van der Waals surface area (Å²) in [6, 6.07) is 12.6. The second-order valence-corrected chi connectivity index (χ2v) is 23.9. The van der Waals surface area contributed by atoms with Gasteiger partial charge in [0.1, 0.15) is 37.3 Å². The van der Waals surface area contributed by atoms with E-state index in [1.807, 2.05) is 0 Å². The van der Waals surface area contributed by atoms with Gasteiger partial charge in [-0.05, 0) is 84.2 Å². The number of fused-ring (bicyclic) bond motifs is 1. The second kappa shape index (κ2) is 31.7. The molecule has 6 rings (SSSR count). The van der Waals surface area contributed by atoms with Crippen LogP contribution in [0.3, 0.4) is 0 Å². The maximum atomic E-state index is 14.7.